The van der Waals surface area contributed by atoms with E-state index in [1.165, 1.54) is 12.1 Å². The van der Waals surface area contributed by atoms with E-state index in [0.717, 1.165) is 5.56 Å². The molecule has 0 fully saturated rings. The van der Waals surface area contributed by atoms with E-state index >= 15 is 0 Å². The number of rotatable bonds is 3. The van der Waals surface area contributed by atoms with Crippen molar-refractivity contribution >= 4 is 18.4 Å². The van der Waals surface area contributed by atoms with Crippen LogP contribution in [0.3, 0.4) is 0 Å². The molecule has 1 rings (SSSR count). The normalized spacial score (nSPS) is 11.5. The van der Waals surface area contributed by atoms with Crippen LogP contribution in [0.4, 0.5) is 0 Å². The highest BCUT2D eigenvalue weighted by molar-refractivity contribution is 5.85. The van der Waals surface area contributed by atoms with Gasteiger partial charge in [-0.3, -0.25) is 4.79 Å². The van der Waals surface area contributed by atoms with E-state index in [1.54, 1.807) is 12.1 Å². The van der Waals surface area contributed by atoms with Crippen molar-refractivity contribution in [2.24, 2.45) is 5.73 Å². The van der Waals surface area contributed by atoms with Gasteiger partial charge in [-0.05, 0) is 24.1 Å². The molecule has 1 aromatic rings. The number of halogens is 1. The van der Waals surface area contributed by atoms with Crippen molar-refractivity contribution in [3.8, 4) is 5.75 Å². The molecule has 0 amide bonds. The lowest BCUT2D eigenvalue weighted by Gasteiger charge is -2.05. The molecule has 0 aliphatic rings. The summed E-state index contributed by atoms with van der Waals surface area (Å²) in [6.07, 6.45) is 0.273. The number of phenols is 1. The van der Waals surface area contributed by atoms with Crippen molar-refractivity contribution in [3.05, 3.63) is 29.8 Å². The second-order valence-corrected chi connectivity index (χ2v) is 2.82. The molecular formula is C9H12ClNO3. The lowest BCUT2D eigenvalue weighted by atomic mass is 10.1. The zero-order valence-corrected chi connectivity index (χ0v) is 8.20. The third kappa shape index (κ3) is 3.64. The van der Waals surface area contributed by atoms with E-state index < -0.39 is 12.0 Å². The van der Waals surface area contributed by atoms with Crippen LogP contribution in [-0.2, 0) is 11.2 Å². The smallest absolute Gasteiger partial charge is 0.320 e. The fourth-order valence-corrected chi connectivity index (χ4v) is 0.973. The lowest BCUT2D eigenvalue weighted by molar-refractivity contribution is -0.138. The molecule has 4 nitrogen and oxygen atoms in total. The van der Waals surface area contributed by atoms with Crippen molar-refractivity contribution in [1.29, 1.82) is 0 Å². The van der Waals surface area contributed by atoms with Crippen LogP contribution < -0.4 is 5.73 Å². The minimum atomic E-state index is -1.02. The van der Waals surface area contributed by atoms with Crippen molar-refractivity contribution in [2.75, 3.05) is 0 Å². The SMILES string of the molecule is Cl.N[C@H](Cc1ccc(O)cc1)C(=O)O. The summed E-state index contributed by atoms with van der Waals surface area (Å²) in [6, 6.07) is 5.42. The van der Waals surface area contributed by atoms with Gasteiger partial charge >= 0.3 is 5.97 Å². The quantitative estimate of drug-likeness (QED) is 0.698. The van der Waals surface area contributed by atoms with E-state index in [-0.39, 0.29) is 24.6 Å². The van der Waals surface area contributed by atoms with Crippen LogP contribution in [-0.4, -0.2) is 22.2 Å². The van der Waals surface area contributed by atoms with Crippen LogP contribution in [0.15, 0.2) is 24.3 Å². The Kier molecular flexibility index (Phi) is 4.97. The van der Waals surface area contributed by atoms with Crippen molar-refractivity contribution < 1.29 is 15.0 Å². The molecule has 0 bridgehead atoms. The summed E-state index contributed by atoms with van der Waals surface area (Å²) >= 11 is 0. The van der Waals surface area contributed by atoms with Crippen LogP contribution >= 0.6 is 12.4 Å². The number of aliphatic carboxylic acids is 1. The molecule has 0 aromatic heterocycles. The van der Waals surface area contributed by atoms with Crippen LogP contribution in [0.25, 0.3) is 0 Å². The predicted molar refractivity (Wildman–Crippen MR) is 54.7 cm³/mol. The standard InChI is InChI=1S/C9H11NO3.ClH/c10-8(9(12)13)5-6-1-3-7(11)4-2-6;/h1-4,8,11H,5,10H2,(H,12,13);1H/t8-;/m1./s1. The van der Waals surface area contributed by atoms with E-state index in [0.29, 0.717) is 0 Å². The second-order valence-electron chi connectivity index (χ2n) is 2.82. The summed E-state index contributed by atoms with van der Waals surface area (Å²) in [6.45, 7) is 0. The van der Waals surface area contributed by atoms with Crippen LogP contribution in [0.5, 0.6) is 5.75 Å². The molecule has 0 unspecified atom stereocenters. The molecule has 4 N–H and O–H groups in total. The van der Waals surface area contributed by atoms with Crippen LogP contribution in [0, 0.1) is 0 Å². The topological polar surface area (TPSA) is 83.5 Å². The maximum atomic E-state index is 10.4. The first-order valence-electron chi connectivity index (χ1n) is 3.86. The maximum Gasteiger partial charge on any atom is 0.320 e. The molecule has 78 valence electrons. The van der Waals surface area contributed by atoms with Gasteiger partial charge in [-0.1, -0.05) is 12.1 Å². The third-order valence-corrected chi connectivity index (χ3v) is 1.71. The van der Waals surface area contributed by atoms with Gasteiger partial charge in [0.2, 0.25) is 0 Å². The molecule has 0 aliphatic heterocycles. The van der Waals surface area contributed by atoms with E-state index in [1.807, 2.05) is 0 Å². The monoisotopic (exact) mass is 217 g/mol. The molecule has 0 radical (unpaired) electrons. The van der Waals surface area contributed by atoms with Gasteiger partial charge in [0.1, 0.15) is 11.8 Å². The number of aromatic hydroxyl groups is 1. The zero-order valence-electron chi connectivity index (χ0n) is 7.38. The molecule has 5 heteroatoms. The number of hydrogen-bond donors (Lipinski definition) is 3. The van der Waals surface area contributed by atoms with Gasteiger partial charge in [-0.2, -0.15) is 0 Å². The van der Waals surface area contributed by atoms with Crippen molar-refractivity contribution in [1.82, 2.24) is 0 Å². The number of phenolic OH excluding ortho intramolecular Hbond substituents is 1. The highest BCUT2D eigenvalue weighted by atomic mass is 35.5. The summed E-state index contributed by atoms with van der Waals surface area (Å²) in [7, 11) is 0. The number of hydrogen-bond acceptors (Lipinski definition) is 3. The first kappa shape index (κ1) is 12.7. The maximum absolute atomic E-state index is 10.4. The Morgan fingerprint density at radius 2 is 1.86 bits per heavy atom. The Balaban J connectivity index is 0.00000169. The summed E-state index contributed by atoms with van der Waals surface area (Å²) < 4.78 is 0. The fourth-order valence-electron chi connectivity index (χ4n) is 0.973. The molecular weight excluding hydrogens is 206 g/mol. The van der Waals surface area contributed by atoms with Crippen LogP contribution in [0.2, 0.25) is 0 Å². The Hall–Kier alpha value is -1.26. The molecule has 0 heterocycles. The third-order valence-electron chi connectivity index (χ3n) is 1.71. The summed E-state index contributed by atoms with van der Waals surface area (Å²) in [5.41, 5.74) is 6.12. The summed E-state index contributed by atoms with van der Waals surface area (Å²) in [4.78, 5) is 10.4. The minimum Gasteiger partial charge on any atom is -0.508 e. The average Bonchev–Trinajstić information content (AvgIpc) is 2.08. The van der Waals surface area contributed by atoms with Gasteiger partial charge in [0.05, 0.1) is 0 Å². The molecule has 1 atom stereocenters. The minimum absolute atomic E-state index is 0. The number of nitrogens with two attached hydrogens (primary N) is 1. The molecule has 0 saturated carbocycles. The van der Waals surface area contributed by atoms with Gasteiger partial charge in [-0.15, -0.1) is 12.4 Å². The summed E-state index contributed by atoms with van der Waals surface area (Å²) in [5.74, 6) is -0.860. The molecule has 14 heavy (non-hydrogen) atoms. The lowest BCUT2D eigenvalue weighted by Crippen LogP contribution is -2.32. The van der Waals surface area contributed by atoms with E-state index in [2.05, 4.69) is 0 Å². The first-order valence-corrected chi connectivity index (χ1v) is 3.86. The molecule has 0 spiro atoms. The number of carboxylic acids is 1. The first-order chi connectivity index (χ1) is 6.09. The number of carbonyl (C=O) groups is 1. The number of benzene rings is 1. The Bertz CT molecular complexity index is 299. The van der Waals surface area contributed by atoms with E-state index in [4.69, 9.17) is 15.9 Å². The molecule has 0 aliphatic carbocycles. The largest absolute Gasteiger partial charge is 0.508 e. The Morgan fingerprint density at radius 3 is 2.29 bits per heavy atom. The van der Waals surface area contributed by atoms with Crippen molar-refractivity contribution in [3.63, 3.8) is 0 Å². The van der Waals surface area contributed by atoms with Gasteiger partial charge in [0.15, 0.2) is 0 Å². The highest BCUT2D eigenvalue weighted by Crippen LogP contribution is 2.10. The molecule has 1 aromatic carbocycles. The fraction of sp³-hybridized carbons (Fsp3) is 0.222. The van der Waals surface area contributed by atoms with Gasteiger partial charge in [0, 0.05) is 0 Å². The van der Waals surface area contributed by atoms with Gasteiger partial charge in [-0.25, -0.2) is 0 Å². The summed E-state index contributed by atoms with van der Waals surface area (Å²) in [5, 5.41) is 17.5. The Labute approximate surface area is 87.8 Å². The zero-order chi connectivity index (χ0) is 9.84. The van der Waals surface area contributed by atoms with E-state index in [9.17, 15) is 4.79 Å². The number of carboxylic acid groups (broad SMARTS) is 1. The Morgan fingerprint density at radius 1 is 1.36 bits per heavy atom. The van der Waals surface area contributed by atoms with Gasteiger partial charge < -0.3 is 15.9 Å². The average molecular weight is 218 g/mol. The van der Waals surface area contributed by atoms with Gasteiger partial charge in [0.25, 0.3) is 0 Å². The highest BCUT2D eigenvalue weighted by Gasteiger charge is 2.11. The predicted octanol–water partition coefficient (Wildman–Crippen LogP) is 0.768. The second kappa shape index (κ2) is 5.47. The van der Waals surface area contributed by atoms with Crippen molar-refractivity contribution in [2.45, 2.75) is 12.5 Å². The van der Waals surface area contributed by atoms with Crippen LogP contribution in [0.1, 0.15) is 5.56 Å². The molecule has 0 saturated heterocycles.